The zero-order valence-corrected chi connectivity index (χ0v) is 15.9. The van der Waals surface area contributed by atoms with Crippen LogP contribution < -0.4 is 5.32 Å². The average molecular weight is 417 g/mol. The van der Waals surface area contributed by atoms with Gasteiger partial charge >= 0.3 is 6.09 Å². The normalized spacial score (nSPS) is 16.7. The first-order valence-electron chi connectivity index (χ1n) is 9.30. The number of hydrogen-bond donors (Lipinski definition) is 6. The van der Waals surface area contributed by atoms with Crippen LogP contribution in [-0.4, -0.2) is 75.2 Å². The molecule has 0 saturated heterocycles. The topological polar surface area (TPSA) is 157 Å². The Morgan fingerprint density at radius 1 is 1.00 bits per heavy atom. The zero-order chi connectivity index (χ0) is 21.9. The smallest absolute Gasteiger partial charge is 0.409 e. The van der Waals surface area contributed by atoms with E-state index in [0.29, 0.717) is 0 Å². The molecule has 0 aromatic heterocycles. The largest absolute Gasteiger partial charge is 0.448 e. The van der Waals surface area contributed by atoms with E-state index in [1.807, 2.05) is 48.5 Å². The van der Waals surface area contributed by atoms with E-state index in [2.05, 4.69) is 0 Å². The summed E-state index contributed by atoms with van der Waals surface area (Å²) < 4.78 is 5.19. The molecule has 9 heteroatoms. The van der Waals surface area contributed by atoms with Crippen LogP contribution in [0.4, 0.5) is 4.79 Å². The van der Waals surface area contributed by atoms with E-state index in [4.69, 9.17) is 14.9 Å². The number of hydrogen-bond acceptors (Lipinski definition) is 8. The summed E-state index contributed by atoms with van der Waals surface area (Å²) in [7, 11) is 0. The van der Waals surface area contributed by atoms with Crippen molar-refractivity contribution < 1.29 is 39.9 Å². The molecule has 9 nitrogen and oxygen atoms in total. The van der Waals surface area contributed by atoms with Gasteiger partial charge in [-0.2, -0.15) is 0 Å². The molecule has 3 rings (SSSR count). The second kappa shape index (κ2) is 8.90. The predicted molar refractivity (Wildman–Crippen MR) is 104 cm³/mol. The van der Waals surface area contributed by atoms with Crippen molar-refractivity contribution in [2.75, 3.05) is 19.8 Å². The van der Waals surface area contributed by atoms with Gasteiger partial charge in [-0.25, -0.2) is 4.79 Å². The van der Waals surface area contributed by atoms with Crippen LogP contribution in [-0.2, 0) is 9.53 Å². The first kappa shape index (κ1) is 21.9. The quantitative estimate of drug-likeness (QED) is 0.314. The summed E-state index contributed by atoms with van der Waals surface area (Å²) in [6.45, 7) is -2.34. The number of aliphatic hydroxyl groups is 5. The Kier molecular flexibility index (Phi) is 6.49. The lowest BCUT2D eigenvalue weighted by molar-refractivity contribution is -0.173. The van der Waals surface area contributed by atoms with Crippen LogP contribution in [0.1, 0.15) is 17.0 Å². The summed E-state index contributed by atoms with van der Waals surface area (Å²) >= 11 is 0. The van der Waals surface area contributed by atoms with Gasteiger partial charge in [-0.1, -0.05) is 48.5 Å². The second-order valence-corrected chi connectivity index (χ2v) is 6.99. The highest BCUT2D eigenvalue weighted by molar-refractivity contribution is 5.91. The van der Waals surface area contributed by atoms with Gasteiger partial charge in [0.2, 0.25) is 11.5 Å². The van der Waals surface area contributed by atoms with Gasteiger partial charge in [-0.05, 0) is 22.3 Å². The van der Waals surface area contributed by atoms with E-state index in [0.717, 1.165) is 22.3 Å². The Bertz CT molecular complexity index is 887. The first-order chi connectivity index (χ1) is 14.3. The number of fused-ring (bicyclic) bond motifs is 3. The minimum absolute atomic E-state index is 0.123. The molecular formula is C21H23NO8. The van der Waals surface area contributed by atoms with Crippen LogP contribution in [0.2, 0.25) is 0 Å². The molecule has 30 heavy (non-hydrogen) atoms. The highest BCUT2D eigenvalue weighted by Gasteiger charge is 2.48. The van der Waals surface area contributed by atoms with E-state index in [9.17, 15) is 24.9 Å². The molecule has 0 unspecified atom stereocenters. The molecule has 1 aliphatic rings. The number of amides is 1. The molecule has 0 heterocycles. The lowest BCUT2D eigenvalue weighted by atomic mass is 9.97. The third-order valence-electron chi connectivity index (χ3n) is 5.18. The van der Waals surface area contributed by atoms with Gasteiger partial charge in [0, 0.05) is 5.92 Å². The average Bonchev–Trinajstić information content (AvgIpc) is 3.09. The standard InChI is InChI=1S/C21H23NO8/c23-9-17(25)19(27)21(29,18(26)10-24)22-20(28)30-11-16-14-7-3-1-5-12(14)13-6-2-4-8-15(13)16/h1-8,16-17,19,23-25,27,29H,9-11H2,(H,22,28)/t17-,19-,21-/m1/s1. The van der Waals surface area contributed by atoms with Gasteiger partial charge in [0.05, 0.1) is 6.61 Å². The van der Waals surface area contributed by atoms with E-state index >= 15 is 0 Å². The molecule has 0 saturated carbocycles. The molecule has 0 aliphatic heterocycles. The summed E-state index contributed by atoms with van der Waals surface area (Å²) in [5, 5.41) is 49.7. The molecule has 1 amide bonds. The maximum absolute atomic E-state index is 12.3. The van der Waals surface area contributed by atoms with Gasteiger partial charge in [0.1, 0.15) is 25.4 Å². The van der Waals surface area contributed by atoms with Crippen LogP contribution in [0, 0.1) is 0 Å². The third kappa shape index (κ3) is 3.93. The van der Waals surface area contributed by atoms with Crippen LogP contribution in [0.3, 0.4) is 0 Å². The number of rotatable bonds is 8. The van der Waals surface area contributed by atoms with E-state index < -0.39 is 43.0 Å². The lowest BCUT2D eigenvalue weighted by Crippen LogP contribution is -2.66. The number of benzene rings is 2. The maximum Gasteiger partial charge on any atom is 0.409 e. The Hall–Kier alpha value is -2.82. The van der Waals surface area contributed by atoms with Crippen LogP contribution in [0.25, 0.3) is 11.1 Å². The number of carbonyl (C=O) groups excluding carboxylic acids is 2. The number of Topliss-reactive ketones (excluding diaryl/α,β-unsaturated/α-hetero) is 1. The molecule has 2 aromatic carbocycles. The van der Waals surface area contributed by atoms with Crippen molar-refractivity contribution in [2.45, 2.75) is 23.9 Å². The summed E-state index contributed by atoms with van der Waals surface area (Å²) in [6, 6.07) is 15.3. The maximum atomic E-state index is 12.3. The monoisotopic (exact) mass is 417 g/mol. The SMILES string of the molecule is O=C(N[C@@](O)(C(=O)CO)[C@H](O)[C@H](O)CO)OCC1c2ccccc2-c2ccccc21. The van der Waals surface area contributed by atoms with Crippen molar-refractivity contribution in [3.05, 3.63) is 59.7 Å². The van der Waals surface area contributed by atoms with Crippen molar-refractivity contribution in [2.24, 2.45) is 0 Å². The minimum Gasteiger partial charge on any atom is -0.448 e. The number of ether oxygens (including phenoxy) is 1. The Morgan fingerprint density at radius 2 is 1.53 bits per heavy atom. The molecule has 160 valence electrons. The lowest BCUT2D eigenvalue weighted by Gasteiger charge is -2.33. The Labute approximate surface area is 172 Å². The Balaban J connectivity index is 1.76. The van der Waals surface area contributed by atoms with Crippen LogP contribution >= 0.6 is 0 Å². The van der Waals surface area contributed by atoms with Gasteiger partial charge in [0.15, 0.2) is 0 Å². The molecule has 0 fully saturated rings. The minimum atomic E-state index is -3.04. The highest BCUT2D eigenvalue weighted by Crippen LogP contribution is 2.44. The van der Waals surface area contributed by atoms with Gasteiger partial charge in [-0.3, -0.25) is 10.1 Å². The Morgan fingerprint density at radius 3 is 2.03 bits per heavy atom. The van der Waals surface area contributed by atoms with Crippen LogP contribution in [0.5, 0.6) is 0 Å². The fourth-order valence-corrected chi connectivity index (χ4v) is 3.60. The fraction of sp³-hybridized carbons (Fsp3) is 0.333. The van der Waals surface area contributed by atoms with Crippen molar-refractivity contribution >= 4 is 11.9 Å². The molecular weight excluding hydrogens is 394 g/mol. The number of aliphatic hydroxyl groups excluding tert-OH is 4. The molecule has 0 spiro atoms. The molecule has 6 N–H and O–H groups in total. The summed E-state index contributed by atoms with van der Waals surface area (Å²) in [4.78, 5) is 24.2. The number of ketones is 1. The van der Waals surface area contributed by atoms with Crippen molar-refractivity contribution in [3.63, 3.8) is 0 Å². The summed E-state index contributed by atoms with van der Waals surface area (Å²) in [6.07, 6.45) is -5.48. The van der Waals surface area contributed by atoms with Crippen molar-refractivity contribution in [1.82, 2.24) is 5.32 Å². The number of alkyl carbamates (subject to hydrolysis) is 1. The van der Waals surface area contributed by atoms with Crippen molar-refractivity contribution in [1.29, 1.82) is 0 Å². The van der Waals surface area contributed by atoms with Crippen molar-refractivity contribution in [3.8, 4) is 11.1 Å². The zero-order valence-electron chi connectivity index (χ0n) is 15.9. The molecule has 1 aliphatic carbocycles. The third-order valence-corrected chi connectivity index (χ3v) is 5.18. The summed E-state index contributed by atoms with van der Waals surface area (Å²) in [5.74, 6) is -1.66. The number of carbonyl (C=O) groups is 2. The first-order valence-corrected chi connectivity index (χ1v) is 9.30. The predicted octanol–water partition coefficient (Wildman–Crippen LogP) is -0.511. The van der Waals surface area contributed by atoms with Gasteiger partial charge in [-0.15, -0.1) is 0 Å². The van der Waals surface area contributed by atoms with Gasteiger partial charge in [0.25, 0.3) is 0 Å². The fourth-order valence-electron chi connectivity index (χ4n) is 3.60. The summed E-state index contributed by atoms with van der Waals surface area (Å²) in [5.41, 5.74) is 0.874. The molecule has 2 aromatic rings. The second-order valence-electron chi connectivity index (χ2n) is 6.99. The van der Waals surface area contributed by atoms with Gasteiger partial charge < -0.3 is 30.3 Å². The van der Waals surface area contributed by atoms with Crippen LogP contribution in [0.15, 0.2) is 48.5 Å². The highest BCUT2D eigenvalue weighted by atomic mass is 16.6. The van der Waals surface area contributed by atoms with E-state index in [1.165, 1.54) is 0 Å². The molecule has 0 radical (unpaired) electrons. The van der Waals surface area contributed by atoms with E-state index in [-0.39, 0.29) is 12.5 Å². The molecule has 3 atom stereocenters. The van der Waals surface area contributed by atoms with E-state index in [1.54, 1.807) is 5.32 Å². The number of nitrogens with one attached hydrogen (secondary N) is 1. The molecule has 0 bridgehead atoms.